The number of primary sulfonamides is 1. The van der Waals surface area contributed by atoms with Crippen LogP contribution in [0.1, 0.15) is 24.0 Å². The van der Waals surface area contributed by atoms with Gasteiger partial charge >= 0.3 is 0 Å². The zero-order valence-electron chi connectivity index (χ0n) is 11.2. The fourth-order valence-corrected chi connectivity index (χ4v) is 3.43. The van der Waals surface area contributed by atoms with Crippen LogP contribution in [0.2, 0.25) is 0 Å². The van der Waals surface area contributed by atoms with Gasteiger partial charge in [0, 0.05) is 12.8 Å². The number of rotatable bonds is 3. The molecular weight excluding hydrogens is 266 g/mol. The van der Waals surface area contributed by atoms with Crippen molar-refractivity contribution in [3.05, 3.63) is 23.3 Å². The van der Waals surface area contributed by atoms with E-state index < -0.39 is 10.0 Å². The Bertz CT molecular complexity index is 539. The van der Waals surface area contributed by atoms with Gasteiger partial charge in [-0.3, -0.25) is 0 Å². The molecule has 0 unspecified atom stereocenters. The van der Waals surface area contributed by atoms with Gasteiger partial charge in [0.15, 0.2) is 0 Å². The monoisotopic (exact) mass is 285 g/mol. The van der Waals surface area contributed by atoms with E-state index in [0.717, 1.165) is 12.8 Å². The fraction of sp³-hybridized carbons (Fsp3) is 0.538. The van der Waals surface area contributed by atoms with E-state index in [1.54, 1.807) is 26.0 Å². The molecule has 0 amide bonds. The molecule has 1 fully saturated rings. The van der Waals surface area contributed by atoms with Crippen molar-refractivity contribution in [3.8, 4) is 5.75 Å². The molecule has 0 spiro atoms. The van der Waals surface area contributed by atoms with Crippen molar-refractivity contribution in [2.24, 2.45) is 5.14 Å². The Morgan fingerprint density at radius 2 is 1.74 bits per heavy atom. The molecule has 0 atom stereocenters. The summed E-state index contributed by atoms with van der Waals surface area (Å²) in [6, 6.07) is 3.45. The molecule has 1 aliphatic heterocycles. The first-order valence-corrected chi connectivity index (χ1v) is 7.81. The van der Waals surface area contributed by atoms with Gasteiger partial charge in [-0.15, -0.1) is 0 Å². The molecule has 0 bridgehead atoms. The second-order valence-corrected chi connectivity index (χ2v) is 6.36. The summed E-state index contributed by atoms with van der Waals surface area (Å²) in [5.74, 6) is 0.689. The van der Waals surface area contributed by atoms with E-state index in [1.165, 1.54) is 0 Å². The van der Waals surface area contributed by atoms with E-state index in [4.69, 9.17) is 14.6 Å². The van der Waals surface area contributed by atoms with Gasteiger partial charge in [0.2, 0.25) is 10.0 Å². The number of benzene rings is 1. The molecule has 6 heteroatoms. The molecule has 1 aliphatic rings. The molecule has 0 radical (unpaired) electrons. The van der Waals surface area contributed by atoms with Crippen molar-refractivity contribution in [3.63, 3.8) is 0 Å². The molecule has 1 aromatic carbocycles. The highest BCUT2D eigenvalue weighted by atomic mass is 32.2. The summed E-state index contributed by atoms with van der Waals surface area (Å²) in [6.07, 6.45) is 1.84. The first kappa shape index (κ1) is 14.3. The summed E-state index contributed by atoms with van der Waals surface area (Å²) >= 11 is 0. The van der Waals surface area contributed by atoms with Crippen molar-refractivity contribution in [2.45, 2.75) is 37.7 Å². The van der Waals surface area contributed by atoms with Gasteiger partial charge in [-0.05, 0) is 37.1 Å². The van der Waals surface area contributed by atoms with Crippen LogP contribution in [-0.2, 0) is 14.8 Å². The summed E-state index contributed by atoms with van der Waals surface area (Å²) in [7, 11) is -3.69. The Balaban J connectivity index is 2.24. The van der Waals surface area contributed by atoms with Crippen LogP contribution in [0.3, 0.4) is 0 Å². The normalized spacial score (nSPS) is 17.4. The molecule has 1 aromatic rings. The molecule has 0 aliphatic carbocycles. The van der Waals surface area contributed by atoms with Crippen LogP contribution in [0.25, 0.3) is 0 Å². The lowest BCUT2D eigenvalue weighted by atomic mass is 10.1. The molecule has 1 saturated heterocycles. The van der Waals surface area contributed by atoms with Gasteiger partial charge in [0.1, 0.15) is 11.9 Å². The Labute approximate surface area is 113 Å². The highest BCUT2D eigenvalue weighted by molar-refractivity contribution is 7.89. The van der Waals surface area contributed by atoms with E-state index in [-0.39, 0.29) is 11.0 Å². The number of nitrogens with two attached hydrogens (primary N) is 1. The Morgan fingerprint density at radius 1 is 1.21 bits per heavy atom. The zero-order valence-corrected chi connectivity index (χ0v) is 12.0. The van der Waals surface area contributed by atoms with Crippen LogP contribution in [0.4, 0.5) is 0 Å². The summed E-state index contributed by atoms with van der Waals surface area (Å²) in [5.41, 5.74) is 1.23. The quantitative estimate of drug-likeness (QED) is 0.913. The molecule has 1 heterocycles. The van der Waals surface area contributed by atoms with Crippen molar-refractivity contribution in [1.82, 2.24) is 0 Å². The second kappa shape index (κ2) is 5.48. The van der Waals surface area contributed by atoms with Gasteiger partial charge in [-0.1, -0.05) is 0 Å². The average Bonchev–Trinajstić information content (AvgIpc) is 2.27. The lowest BCUT2D eigenvalue weighted by molar-refractivity contribution is 0.0255. The van der Waals surface area contributed by atoms with Gasteiger partial charge < -0.3 is 9.47 Å². The molecular formula is C13H19NO4S. The Hall–Kier alpha value is -1.11. The Kier molecular flexibility index (Phi) is 4.13. The maximum atomic E-state index is 11.5. The van der Waals surface area contributed by atoms with E-state index in [9.17, 15) is 8.42 Å². The molecule has 19 heavy (non-hydrogen) atoms. The van der Waals surface area contributed by atoms with Crippen molar-refractivity contribution >= 4 is 10.0 Å². The minimum Gasteiger partial charge on any atom is -0.490 e. The van der Waals surface area contributed by atoms with E-state index in [1.807, 2.05) is 0 Å². The van der Waals surface area contributed by atoms with E-state index in [0.29, 0.717) is 30.1 Å². The molecule has 2 N–H and O–H groups in total. The van der Waals surface area contributed by atoms with Gasteiger partial charge in [-0.2, -0.15) is 0 Å². The summed E-state index contributed by atoms with van der Waals surface area (Å²) in [5, 5.41) is 5.21. The van der Waals surface area contributed by atoms with Crippen LogP contribution in [0, 0.1) is 13.8 Å². The lowest BCUT2D eigenvalue weighted by Crippen LogP contribution is -2.26. The third-order valence-corrected chi connectivity index (χ3v) is 4.40. The van der Waals surface area contributed by atoms with Crippen LogP contribution in [-0.4, -0.2) is 27.7 Å². The van der Waals surface area contributed by atoms with Gasteiger partial charge in [-0.25, -0.2) is 13.6 Å². The summed E-state index contributed by atoms with van der Waals surface area (Å²) in [6.45, 7) is 4.86. The SMILES string of the molecule is Cc1cc(OC2CCOCC2)cc(C)c1S(N)(=O)=O. The van der Waals surface area contributed by atoms with Crippen molar-refractivity contribution in [1.29, 1.82) is 0 Å². The molecule has 0 aromatic heterocycles. The van der Waals surface area contributed by atoms with E-state index >= 15 is 0 Å². The first-order valence-electron chi connectivity index (χ1n) is 6.26. The maximum Gasteiger partial charge on any atom is 0.238 e. The van der Waals surface area contributed by atoms with Crippen LogP contribution < -0.4 is 9.88 Å². The largest absolute Gasteiger partial charge is 0.490 e. The summed E-state index contributed by atoms with van der Waals surface area (Å²) in [4.78, 5) is 0.187. The van der Waals surface area contributed by atoms with Gasteiger partial charge in [0.05, 0.1) is 18.1 Å². The standard InChI is InChI=1S/C13H19NO4S/c1-9-7-12(18-11-3-5-17-6-4-11)8-10(2)13(9)19(14,15)16/h7-8,11H,3-6H2,1-2H3,(H2,14,15,16). The maximum absolute atomic E-state index is 11.5. The predicted octanol–water partition coefficient (Wildman–Crippen LogP) is 1.51. The predicted molar refractivity (Wildman–Crippen MR) is 71.8 cm³/mol. The number of ether oxygens (including phenoxy) is 2. The van der Waals surface area contributed by atoms with Crippen LogP contribution in [0.15, 0.2) is 17.0 Å². The average molecular weight is 285 g/mol. The van der Waals surface area contributed by atoms with Crippen molar-refractivity contribution in [2.75, 3.05) is 13.2 Å². The fourth-order valence-electron chi connectivity index (χ4n) is 2.41. The second-order valence-electron chi connectivity index (χ2n) is 4.86. The smallest absolute Gasteiger partial charge is 0.238 e. The Morgan fingerprint density at radius 3 is 2.21 bits per heavy atom. The molecule has 106 valence electrons. The van der Waals surface area contributed by atoms with E-state index in [2.05, 4.69) is 0 Å². The number of hydrogen-bond acceptors (Lipinski definition) is 4. The highest BCUT2D eigenvalue weighted by Crippen LogP contribution is 2.26. The minimum absolute atomic E-state index is 0.132. The highest BCUT2D eigenvalue weighted by Gasteiger charge is 2.19. The third-order valence-electron chi connectivity index (χ3n) is 3.19. The number of hydrogen-bond donors (Lipinski definition) is 1. The zero-order chi connectivity index (χ0) is 14.0. The molecule has 0 saturated carbocycles. The summed E-state index contributed by atoms with van der Waals surface area (Å²) < 4.78 is 34.1. The molecule has 2 rings (SSSR count). The topological polar surface area (TPSA) is 78.6 Å². The number of sulfonamides is 1. The number of aryl methyl sites for hydroxylation is 2. The first-order chi connectivity index (χ1) is 8.88. The van der Waals surface area contributed by atoms with Crippen molar-refractivity contribution < 1.29 is 17.9 Å². The molecule has 5 nitrogen and oxygen atoms in total. The lowest BCUT2D eigenvalue weighted by Gasteiger charge is -2.24. The van der Waals surface area contributed by atoms with Crippen LogP contribution in [0.5, 0.6) is 5.75 Å². The van der Waals surface area contributed by atoms with Gasteiger partial charge in [0.25, 0.3) is 0 Å². The van der Waals surface area contributed by atoms with Crippen LogP contribution >= 0.6 is 0 Å². The third kappa shape index (κ3) is 3.46. The minimum atomic E-state index is -3.69.